The van der Waals surface area contributed by atoms with Crippen molar-refractivity contribution in [1.29, 1.82) is 0 Å². The van der Waals surface area contributed by atoms with Gasteiger partial charge in [0.15, 0.2) is 0 Å². The van der Waals surface area contributed by atoms with Gasteiger partial charge < -0.3 is 5.32 Å². The van der Waals surface area contributed by atoms with Crippen LogP contribution in [0.3, 0.4) is 0 Å². The Morgan fingerprint density at radius 2 is 2.00 bits per heavy atom. The minimum absolute atomic E-state index is 0.781. The molecule has 0 aliphatic heterocycles. The lowest BCUT2D eigenvalue weighted by Gasteiger charge is -2.28. The Bertz CT molecular complexity index is 185. The molecular formula is C13H26N2. The molecule has 0 saturated heterocycles. The Hall–Kier alpha value is -0.0800. The van der Waals surface area contributed by atoms with E-state index in [1.807, 2.05) is 0 Å². The van der Waals surface area contributed by atoms with Crippen molar-refractivity contribution >= 4 is 0 Å². The second kappa shape index (κ2) is 5.31. The second-order valence-electron chi connectivity index (χ2n) is 5.34. The number of rotatable bonds is 8. The van der Waals surface area contributed by atoms with Crippen molar-refractivity contribution in [3.8, 4) is 0 Å². The van der Waals surface area contributed by atoms with Crippen molar-refractivity contribution in [2.75, 3.05) is 13.1 Å². The summed E-state index contributed by atoms with van der Waals surface area (Å²) < 4.78 is 0. The summed E-state index contributed by atoms with van der Waals surface area (Å²) in [6, 6.07) is 2.59. The van der Waals surface area contributed by atoms with Crippen molar-refractivity contribution in [2.45, 2.75) is 70.5 Å². The van der Waals surface area contributed by atoms with E-state index >= 15 is 0 Å². The van der Waals surface area contributed by atoms with Gasteiger partial charge in [0.2, 0.25) is 0 Å². The molecule has 2 heteroatoms. The highest BCUT2D eigenvalue weighted by Crippen LogP contribution is 2.29. The molecule has 1 N–H and O–H groups in total. The Morgan fingerprint density at radius 1 is 1.27 bits per heavy atom. The van der Waals surface area contributed by atoms with Crippen LogP contribution in [0.1, 0.15) is 52.4 Å². The average Bonchev–Trinajstić information content (AvgIpc) is 3.05. The molecule has 1 atom stereocenters. The standard InChI is InChI=1S/C13H26N2/c1-3-10-15(13-6-7-13)11(2)8-9-14-12-4-5-12/h11-14H,3-10H2,1-2H3. The lowest BCUT2D eigenvalue weighted by atomic mass is 10.2. The highest BCUT2D eigenvalue weighted by Gasteiger charge is 2.31. The van der Waals surface area contributed by atoms with E-state index in [4.69, 9.17) is 0 Å². The van der Waals surface area contributed by atoms with E-state index in [1.165, 1.54) is 51.6 Å². The van der Waals surface area contributed by atoms with E-state index in [-0.39, 0.29) is 0 Å². The first kappa shape index (κ1) is 11.4. The predicted octanol–water partition coefficient (Wildman–Crippen LogP) is 2.39. The second-order valence-corrected chi connectivity index (χ2v) is 5.34. The van der Waals surface area contributed by atoms with Gasteiger partial charge >= 0.3 is 0 Å². The van der Waals surface area contributed by atoms with Crippen LogP contribution in [0.4, 0.5) is 0 Å². The van der Waals surface area contributed by atoms with Gasteiger partial charge in [-0.2, -0.15) is 0 Å². The third-order valence-electron chi connectivity index (χ3n) is 3.64. The Balaban J connectivity index is 1.63. The van der Waals surface area contributed by atoms with Crippen LogP contribution in [0.15, 0.2) is 0 Å². The number of nitrogens with one attached hydrogen (secondary N) is 1. The number of hydrogen-bond acceptors (Lipinski definition) is 2. The minimum Gasteiger partial charge on any atom is -0.314 e. The highest BCUT2D eigenvalue weighted by molar-refractivity contribution is 4.88. The zero-order chi connectivity index (χ0) is 10.7. The van der Waals surface area contributed by atoms with Crippen LogP contribution in [0, 0.1) is 0 Å². The van der Waals surface area contributed by atoms with E-state index in [2.05, 4.69) is 24.1 Å². The molecule has 2 saturated carbocycles. The molecule has 0 aromatic rings. The van der Waals surface area contributed by atoms with E-state index in [0.29, 0.717) is 0 Å². The molecule has 0 aromatic heterocycles. The molecule has 0 radical (unpaired) electrons. The van der Waals surface area contributed by atoms with Gasteiger partial charge in [0.1, 0.15) is 0 Å². The Morgan fingerprint density at radius 3 is 2.53 bits per heavy atom. The smallest absolute Gasteiger partial charge is 0.00992 e. The topological polar surface area (TPSA) is 15.3 Å². The van der Waals surface area contributed by atoms with Crippen LogP contribution >= 0.6 is 0 Å². The SMILES string of the molecule is CCCN(C(C)CCNC1CC1)C1CC1. The quantitative estimate of drug-likeness (QED) is 0.662. The molecule has 2 rings (SSSR count). The van der Waals surface area contributed by atoms with Gasteiger partial charge in [-0.3, -0.25) is 4.90 Å². The van der Waals surface area contributed by atoms with Gasteiger partial charge in [0.25, 0.3) is 0 Å². The van der Waals surface area contributed by atoms with Gasteiger partial charge in [-0.1, -0.05) is 6.92 Å². The van der Waals surface area contributed by atoms with Crippen molar-refractivity contribution in [3.63, 3.8) is 0 Å². The van der Waals surface area contributed by atoms with Crippen molar-refractivity contribution in [1.82, 2.24) is 10.2 Å². The molecule has 15 heavy (non-hydrogen) atoms. The van der Waals surface area contributed by atoms with Crippen LogP contribution in [0.5, 0.6) is 0 Å². The van der Waals surface area contributed by atoms with E-state index in [0.717, 1.165) is 18.1 Å². The van der Waals surface area contributed by atoms with Crippen molar-refractivity contribution in [2.24, 2.45) is 0 Å². The molecule has 0 amide bonds. The summed E-state index contributed by atoms with van der Waals surface area (Å²) in [5.74, 6) is 0. The Labute approximate surface area is 94.4 Å². The first-order valence-electron chi connectivity index (χ1n) is 6.80. The average molecular weight is 210 g/mol. The van der Waals surface area contributed by atoms with Gasteiger partial charge in [-0.05, 0) is 58.5 Å². The van der Waals surface area contributed by atoms with Crippen LogP contribution < -0.4 is 5.32 Å². The zero-order valence-electron chi connectivity index (χ0n) is 10.3. The fourth-order valence-electron chi connectivity index (χ4n) is 2.38. The molecular weight excluding hydrogens is 184 g/mol. The first-order valence-corrected chi connectivity index (χ1v) is 6.80. The van der Waals surface area contributed by atoms with Crippen LogP contribution in [0.25, 0.3) is 0 Å². The molecule has 0 aromatic carbocycles. The van der Waals surface area contributed by atoms with Crippen LogP contribution in [-0.4, -0.2) is 36.1 Å². The van der Waals surface area contributed by atoms with Gasteiger partial charge in [-0.25, -0.2) is 0 Å². The molecule has 2 aliphatic rings. The van der Waals surface area contributed by atoms with Gasteiger partial charge in [0, 0.05) is 18.1 Å². The summed E-state index contributed by atoms with van der Waals surface area (Å²) in [5.41, 5.74) is 0. The zero-order valence-corrected chi connectivity index (χ0v) is 10.3. The fourth-order valence-corrected chi connectivity index (χ4v) is 2.38. The maximum absolute atomic E-state index is 3.62. The summed E-state index contributed by atoms with van der Waals surface area (Å²) in [6.07, 6.45) is 8.34. The highest BCUT2D eigenvalue weighted by atomic mass is 15.2. The molecule has 2 nitrogen and oxygen atoms in total. The monoisotopic (exact) mass is 210 g/mol. The summed E-state index contributed by atoms with van der Waals surface area (Å²) in [4.78, 5) is 2.73. The molecule has 0 bridgehead atoms. The molecule has 2 fully saturated rings. The van der Waals surface area contributed by atoms with Crippen molar-refractivity contribution < 1.29 is 0 Å². The molecule has 88 valence electrons. The Kier molecular flexibility index (Phi) is 4.04. The predicted molar refractivity (Wildman–Crippen MR) is 65.1 cm³/mol. The maximum atomic E-state index is 3.62. The van der Waals surface area contributed by atoms with Crippen LogP contribution in [0.2, 0.25) is 0 Å². The summed E-state index contributed by atoms with van der Waals surface area (Å²) in [5, 5.41) is 3.62. The molecule has 0 spiro atoms. The van der Waals surface area contributed by atoms with Gasteiger partial charge in [-0.15, -0.1) is 0 Å². The van der Waals surface area contributed by atoms with Gasteiger partial charge in [0.05, 0.1) is 0 Å². The number of nitrogens with zero attached hydrogens (tertiary/aromatic N) is 1. The van der Waals surface area contributed by atoms with Crippen molar-refractivity contribution in [3.05, 3.63) is 0 Å². The normalized spacial score (nSPS) is 23.4. The molecule has 2 aliphatic carbocycles. The summed E-state index contributed by atoms with van der Waals surface area (Å²) >= 11 is 0. The largest absolute Gasteiger partial charge is 0.314 e. The van der Waals surface area contributed by atoms with E-state index in [1.54, 1.807) is 0 Å². The maximum Gasteiger partial charge on any atom is 0.00992 e. The van der Waals surface area contributed by atoms with E-state index in [9.17, 15) is 0 Å². The third-order valence-corrected chi connectivity index (χ3v) is 3.64. The molecule has 0 heterocycles. The third kappa shape index (κ3) is 3.76. The molecule has 1 unspecified atom stereocenters. The fraction of sp³-hybridized carbons (Fsp3) is 1.00. The lowest BCUT2D eigenvalue weighted by Crippen LogP contribution is -2.37. The summed E-state index contributed by atoms with van der Waals surface area (Å²) in [7, 11) is 0. The summed E-state index contributed by atoms with van der Waals surface area (Å²) in [6.45, 7) is 7.22. The first-order chi connectivity index (χ1) is 7.31. The number of hydrogen-bond donors (Lipinski definition) is 1. The minimum atomic E-state index is 0.781. The lowest BCUT2D eigenvalue weighted by molar-refractivity contribution is 0.189. The van der Waals surface area contributed by atoms with Crippen LogP contribution in [-0.2, 0) is 0 Å². The van der Waals surface area contributed by atoms with E-state index < -0.39 is 0 Å².